The Hall–Kier alpha value is -3.57. The van der Waals surface area contributed by atoms with Crippen molar-refractivity contribution >= 4 is 23.7 Å². The van der Waals surface area contributed by atoms with Crippen molar-refractivity contribution < 1.29 is 42.2 Å². The fraction of sp³-hybridized carbons (Fsp3) is 0.429. The van der Waals surface area contributed by atoms with E-state index < -0.39 is 23.5 Å². The molecule has 0 aliphatic carbocycles. The number of pyridine rings is 1. The molecule has 178 valence electrons. The monoisotopic (exact) mass is 469 g/mol. The van der Waals surface area contributed by atoms with Crippen molar-refractivity contribution in [3.05, 3.63) is 48.6 Å². The molecule has 2 aromatic rings. The molecule has 2 saturated heterocycles. The van der Waals surface area contributed by atoms with Gasteiger partial charge in [0.2, 0.25) is 0 Å². The summed E-state index contributed by atoms with van der Waals surface area (Å²) in [5.41, 5.74) is -0.337. The van der Waals surface area contributed by atoms with Gasteiger partial charge in [-0.25, -0.2) is 9.78 Å². The third-order valence-corrected chi connectivity index (χ3v) is 5.88. The van der Waals surface area contributed by atoms with Gasteiger partial charge in [0.25, 0.3) is 5.91 Å². The number of carboxylic acids is 2. The molecule has 0 unspecified atom stereocenters. The molecule has 0 aromatic carbocycles. The summed E-state index contributed by atoms with van der Waals surface area (Å²) >= 11 is 0. The van der Waals surface area contributed by atoms with Crippen LogP contribution < -0.4 is 4.90 Å². The van der Waals surface area contributed by atoms with Gasteiger partial charge in [-0.15, -0.1) is 0 Å². The number of carbonyl (C=O) groups excluding carboxylic acids is 1. The number of likely N-dealkylation sites (tertiary alicyclic amines) is 1. The third-order valence-electron chi connectivity index (χ3n) is 5.88. The molecule has 1 amide bonds. The fourth-order valence-electron chi connectivity index (χ4n) is 4.25. The van der Waals surface area contributed by atoms with Gasteiger partial charge in [0.05, 0.1) is 17.2 Å². The van der Waals surface area contributed by atoms with Crippen LogP contribution in [0.25, 0.3) is 0 Å². The minimum Gasteiger partial charge on any atom is -0.481 e. The number of carbonyl (C=O) groups is 3. The number of amides is 1. The van der Waals surface area contributed by atoms with E-state index in [0.717, 1.165) is 5.82 Å². The molecule has 2 N–H and O–H groups in total. The Balaban J connectivity index is 0.000000383. The largest absolute Gasteiger partial charge is 0.490 e. The van der Waals surface area contributed by atoms with Gasteiger partial charge in [-0.2, -0.15) is 13.2 Å². The standard InChI is InChI=1S/C19H21N3O4.C2HF3O2/c23-17(14-5-9-26-12-14)21-8-3-6-19(18(24)25)13-22(11-15(19)10-21)16-4-1-2-7-20-16;3-2(4,5)1(6)7/h1-2,4-5,7,9,12,15H,3,6,8,10-11,13H2,(H,24,25);(H,6,7)/t15-,19-;/m0./s1. The number of hydrogen-bond donors (Lipinski definition) is 2. The molecule has 9 nitrogen and oxygen atoms in total. The van der Waals surface area contributed by atoms with Crippen LogP contribution in [0, 0.1) is 11.3 Å². The number of fused-ring (bicyclic) bond motifs is 1. The highest BCUT2D eigenvalue weighted by molar-refractivity contribution is 5.94. The second-order valence-corrected chi connectivity index (χ2v) is 7.90. The molecule has 0 radical (unpaired) electrons. The minimum absolute atomic E-state index is 0.101. The molecular formula is C21H22F3N3O6. The number of nitrogens with zero attached hydrogens (tertiary/aromatic N) is 3. The topological polar surface area (TPSA) is 124 Å². The summed E-state index contributed by atoms with van der Waals surface area (Å²) in [6.45, 7) is 2.01. The first-order chi connectivity index (χ1) is 15.5. The number of rotatable bonds is 3. The molecule has 4 rings (SSSR count). The molecular weight excluding hydrogens is 447 g/mol. The van der Waals surface area contributed by atoms with E-state index in [0.29, 0.717) is 44.6 Å². The SMILES string of the molecule is O=C(O)C(F)(F)F.O=C(c1ccoc1)N1CCC[C@]2(C(=O)O)CN(c3ccccn3)C[C@@H]2C1. The smallest absolute Gasteiger partial charge is 0.481 e. The van der Waals surface area contributed by atoms with Crippen LogP contribution in [0.2, 0.25) is 0 Å². The number of furan rings is 1. The third kappa shape index (κ3) is 5.26. The average Bonchev–Trinajstić information content (AvgIpc) is 3.39. The summed E-state index contributed by atoms with van der Waals surface area (Å²) in [6, 6.07) is 7.29. The van der Waals surface area contributed by atoms with Crippen LogP contribution in [0.4, 0.5) is 19.0 Å². The number of anilines is 1. The van der Waals surface area contributed by atoms with Crippen molar-refractivity contribution in [2.75, 3.05) is 31.1 Å². The zero-order chi connectivity index (χ0) is 24.2. The minimum atomic E-state index is -5.08. The zero-order valence-electron chi connectivity index (χ0n) is 17.4. The summed E-state index contributed by atoms with van der Waals surface area (Å²) < 4.78 is 36.8. The van der Waals surface area contributed by atoms with Crippen molar-refractivity contribution in [1.82, 2.24) is 9.88 Å². The number of alkyl halides is 3. The molecule has 0 saturated carbocycles. The lowest BCUT2D eigenvalue weighted by molar-refractivity contribution is -0.192. The molecule has 12 heteroatoms. The molecule has 0 bridgehead atoms. The summed E-state index contributed by atoms with van der Waals surface area (Å²) in [7, 11) is 0. The first-order valence-corrected chi connectivity index (χ1v) is 10.1. The van der Waals surface area contributed by atoms with Gasteiger partial charge < -0.3 is 24.4 Å². The number of carboxylic acid groups (broad SMARTS) is 2. The Morgan fingerprint density at radius 1 is 1.15 bits per heavy atom. The number of hydrogen-bond acceptors (Lipinski definition) is 6. The van der Waals surface area contributed by atoms with Crippen molar-refractivity contribution in [2.24, 2.45) is 11.3 Å². The van der Waals surface area contributed by atoms with E-state index in [-0.39, 0.29) is 11.8 Å². The normalized spacial score (nSPS) is 22.6. The summed E-state index contributed by atoms with van der Waals surface area (Å²) in [5, 5.41) is 17.2. The molecule has 0 spiro atoms. The number of halogens is 3. The maximum absolute atomic E-state index is 12.7. The molecule has 2 aliphatic heterocycles. The van der Waals surface area contributed by atoms with Crippen LogP contribution in [0.5, 0.6) is 0 Å². The second kappa shape index (κ2) is 9.51. The van der Waals surface area contributed by atoms with E-state index >= 15 is 0 Å². The highest BCUT2D eigenvalue weighted by atomic mass is 19.4. The Morgan fingerprint density at radius 3 is 2.42 bits per heavy atom. The van der Waals surface area contributed by atoms with Gasteiger partial charge in [-0.1, -0.05) is 6.07 Å². The highest BCUT2D eigenvalue weighted by Gasteiger charge is 2.54. The maximum Gasteiger partial charge on any atom is 0.490 e. The van der Waals surface area contributed by atoms with E-state index in [9.17, 15) is 27.9 Å². The lowest BCUT2D eigenvalue weighted by Gasteiger charge is -2.29. The van der Waals surface area contributed by atoms with Crippen LogP contribution in [0.1, 0.15) is 23.2 Å². The lowest BCUT2D eigenvalue weighted by atomic mass is 9.75. The second-order valence-electron chi connectivity index (χ2n) is 7.90. The molecule has 2 aliphatic rings. The summed E-state index contributed by atoms with van der Waals surface area (Å²) in [4.78, 5) is 42.0. The summed E-state index contributed by atoms with van der Waals surface area (Å²) in [6.07, 6.45) is 0.775. The fourth-order valence-corrected chi connectivity index (χ4v) is 4.25. The molecule has 33 heavy (non-hydrogen) atoms. The number of aromatic nitrogens is 1. The van der Waals surface area contributed by atoms with Gasteiger partial charge in [0.1, 0.15) is 12.1 Å². The Kier molecular flexibility index (Phi) is 6.94. The van der Waals surface area contributed by atoms with E-state index in [1.54, 1.807) is 17.2 Å². The van der Waals surface area contributed by atoms with E-state index in [1.807, 2.05) is 23.1 Å². The van der Waals surface area contributed by atoms with Gasteiger partial charge in [0.15, 0.2) is 0 Å². The van der Waals surface area contributed by atoms with Crippen LogP contribution in [0.3, 0.4) is 0 Å². The first kappa shape index (κ1) is 24.1. The maximum atomic E-state index is 12.7. The van der Waals surface area contributed by atoms with Crippen LogP contribution in [0.15, 0.2) is 47.4 Å². The van der Waals surface area contributed by atoms with E-state index in [4.69, 9.17) is 14.3 Å². The van der Waals surface area contributed by atoms with Crippen molar-refractivity contribution in [3.63, 3.8) is 0 Å². The molecule has 2 fully saturated rings. The molecule has 2 atom stereocenters. The quantitative estimate of drug-likeness (QED) is 0.703. The van der Waals surface area contributed by atoms with Crippen molar-refractivity contribution in [1.29, 1.82) is 0 Å². The van der Waals surface area contributed by atoms with Crippen LogP contribution >= 0.6 is 0 Å². The average molecular weight is 469 g/mol. The van der Waals surface area contributed by atoms with Crippen molar-refractivity contribution in [3.8, 4) is 0 Å². The van der Waals surface area contributed by atoms with E-state index in [2.05, 4.69) is 4.98 Å². The number of aliphatic carboxylic acids is 2. The lowest BCUT2D eigenvalue weighted by Crippen LogP contribution is -2.42. The van der Waals surface area contributed by atoms with Gasteiger partial charge in [-0.05, 0) is 31.0 Å². The summed E-state index contributed by atoms with van der Waals surface area (Å²) in [5.74, 6) is -2.99. The Bertz CT molecular complexity index is 983. The van der Waals surface area contributed by atoms with E-state index in [1.165, 1.54) is 12.5 Å². The van der Waals surface area contributed by atoms with Gasteiger partial charge >= 0.3 is 18.1 Å². The Labute approximate surface area is 186 Å². The predicted molar refractivity (Wildman–Crippen MR) is 108 cm³/mol. The van der Waals surface area contributed by atoms with Gasteiger partial charge in [-0.3, -0.25) is 9.59 Å². The molecule has 4 heterocycles. The van der Waals surface area contributed by atoms with Gasteiger partial charge in [0, 0.05) is 38.3 Å². The zero-order valence-corrected chi connectivity index (χ0v) is 17.4. The Morgan fingerprint density at radius 2 is 1.88 bits per heavy atom. The highest BCUT2D eigenvalue weighted by Crippen LogP contribution is 2.44. The predicted octanol–water partition coefficient (Wildman–Crippen LogP) is 2.75. The first-order valence-electron chi connectivity index (χ1n) is 10.1. The van der Waals surface area contributed by atoms with Crippen LogP contribution in [-0.2, 0) is 9.59 Å². The van der Waals surface area contributed by atoms with Crippen LogP contribution in [-0.4, -0.2) is 70.3 Å². The van der Waals surface area contributed by atoms with Crippen molar-refractivity contribution in [2.45, 2.75) is 19.0 Å². The molecule has 2 aromatic heterocycles.